The molecule has 0 aliphatic rings. The van der Waals surface area contributed by atoms with E-state index < -0.39 is 33.7 Å². The topological polar surface area (TPSA) is 63.7 Å². The molecule has 2 aromatic rings. The molecule has 130 valence electrons. The molecule has 1 aromatic carbocycles. The summed E-state index contributed by atoms with van der Waals surface area (Å²) in [6.45, 7) is 1.54. The normalized spacial score (nSPS) is 13.1. The number of benzene rings is 1. The maximum Gasteiger partial charge on any atom is 0.349 e. The minimum absolute atomic E-state index is 0.0400. The zero-order valence-corrected chi connectivity index (χ0v) is 14.7. The number of halogens is 2. The maximum absolute atomic E-state index is 13.4. The van der Waals surface area contributed by atoms with Crippen molar-refractivity contribution < 1.29 is 26.7 Å². The summed E-state index contributed by atoms with van der Waals surface area (Å²) in [7, 11) is -1.56. The number of esters is 1. The molecule has 0 saturated heterocycles. The summed E-state index contributed by atoms with van der Waals surface area (Å²) in [5.41, 5.74) is 0.287. The summed E-state index contributed by atoms with van der Waals surface area (Å²) in [6.07, 6.45) is 0. The molecular weight excluding hydrogens is 360 g/mol. The second-order valence-electron chi connectivity index (χ2n) is 4.98. The molecule has 9 heteroatoms. The molecule has 0 spiro atoms. The van der Waals surface area contributed by atoms with Gasteiger partial charge in [-0.05, 0) is 36.1 Å². The van der Waals surface area contributed by atoms with Gasteiger partial charge in [-0.2, -0.15) is 4.31 Å². The Morgan fingerprint density at radius 3 is 2.50 bits per heavy atom. The molecule has 0 amide bonds. The molecule has 0 fully saturated rings. The van der Waals surface area contributed by atoms with Crippen LogP contribution in [0.1, 0.15) is 28.2 Å². The average molecular weight is 375 g/mol. The molecule has 0 aliphatic carbocycles. The molecular formula is C15H15F2NO4S2. The van der Waals surface area contributed by atoms with E-state index >= 15 is 0 Å². The number of ether oxygens (including phenoxy) is 1. The van der Waals surface area contributed by atoms with E-state index in [9.17, 15) is 22.0 Å². The summed E-state index contributed by atoms with van der Waals surface area (Å²) in [5, 5.41) is 1.47. The molecule has 0 radical (unpaired) electrons. The molecule has 0 unspecified atom stereocenters. The lowest BCUT2D eigenvalue weighted by atomic mass is 10.1. The number of sulfonamides is 1. The van der Waals surface area contributed by atoms with E-state index in [1.165, 1.54) is 31.5 Å². The highest BCUT2D eigenvalue weighted by Gasteiger charge is 2.31. The predicted molar refractivity (Wildman–Crippen MR) is 85.4 cm³/mol. The molecule has 1 aromatic heterocycles. The first-order chi connectivity index (χ1) is 11.2. The Labute approximate surface area is 142 Å². The Balaban J connectivity index is 2.40. The second kappa shape index (κ2) is 6.96. The summed E-state index contributed by atoms with van der Waals surface area (Å²) < 4.78 is 57.5. The number of hydrogen-bond donors (Lipinski definition) is 0. The Morgan fingerprint density at radius 2 is 1.92 bits per heavy atom. The molecule has 0 aliphatic heterocycles. The number of carbonyl (C=O) groups is 1. The Morgan fingerprint density at radius 1 is 1.25 bits per heavy atom. The van der Waals surface area contributed by atoms with Crippen molar-refractivity contribution in [1.29, 1.82) is 0 Å². The molecule has 1 atom stereocenters. The van der Waals surface area contributed by atoms with Gasteiger partial charge in [-0.15, -0.1) is 11.3 Å². The fraction of sp³-hybridized carbons (Fsp3) is 0.267. The van der Waals surface area contributed by atoms with Crippen LogP contribution in [0, 0.1) is 11.6 Å². The minimum Gasteiger partial charge on any atom is -0.465 e. The van der Waals surface area contributed by atoms with Gasteiger partial charge in [0.05, 0.1) is 7.11 Å². The van der Waals surface area contributed by atoms with E-state index in [0.717, 1.165) is 34.9 Å². The van der Waals surface area contributed by atoms with Crippen LogP contribution in [-0.2, 0) is 14.8 Å². The van der Waals surface area contributed by atoms with E-state index in [0.29, 0.717) is 0 Å². The number of carbonyl (C=O) groups excluding carboxylic acids is 1. The summed E-state index contributed by atoms with van der Waals surface area (Å²) in [6, 6.07) is 3.73. The predicted octanol–water partition coefficient (Wildman–Crippen LogP) is 3.19. The summed E-state index contributed by atoms with van der Waals surface area (Å²) in [4.78, 5) is 11.5. The molecule has 24 heavy (non-hydrogen) atoms. The third-order valence-corrected chi connectivity index (χ3v) is 6.62. The zero-order valence-electron chi connectivity index (χ0n) is 13.1. The fourth-order valence-corrected chi connectivity index (χ4v) is 4.74. The first-order valence-corrected chi connectivity index (χ1v) is 9.11. The van der Waals surface area contributed by atoms with Gasteiger partial charge in [-0.25, -0.2) is 22.0 Å². The molecule has 0 N–H and O–H groups in total. The highest BCUT2D eigenvalue weighted by atomic mass is 32.2. The van der Waals surface area contributed by atoms with Crippen LogP contribution in [0.25, 0.3) is 0 Å². The Bertz CT molecular complexity index is 864. The van der Waals surface area contributed by atoms with E-state index in [4.69, 9.17) is 0 Å². The van der Waals surface area contributed by atoms with Gasteiger partial charge in [0.15, 0.2) is 11.6 Å². The molecule has 2 rings (SSSR count). The number of rotatable bonds is 5. The monoisotopic (exact) mass is 375 g/mol. The van der Waals surface area contributed by atoms with Gasteiger partial charge in [0.25, 0.3) is 0 Å². The van der Waals surface area contributed by atoms with Crippen LogP contribution < -0.4 is 0 Å². The summed E-state index contributed by atoms with van der Waals surface area (Å²) >= 11 is 0.948. The van der Waals surface area contributed by atoms with Crippen LogP contribution in [0.5, 0.6) is 0 Å². The molecule has 0 bridgehead atoms. The number of hydrogen-bond acceptors (Lipinski definition) is 5. The first-order valence-electron chi connectivity index (χ1n) is 6.79. The van der Waals surface area contributed by atoms with E-state index in [1.54, 1.807) is 0 Å². The van der Waals surface area contributed by atoms with Crippen molar-refractivity contribution in [3.63, 3.8) is 0 Å². The van der Waals surface area contributed by atoms with Crippen LogP contribution in [-0.4, -0.2) is 32.8 Å². The van der Waals surface area contributed by atoms with E-state index in [2.05, 4.69) is 4.74 Å². The second-order valence-corrected chi connectivity index (χ2v) is 7.86. The summed E-state index contributed by atoms with van der Waals surface area (Å²) in [5.74, 6) is -2.82. The Kier molecular flexibility index (Phi) is 5.36. The van der Waals surface area contributed by atoms with Crippen molar-refractivity contribution in [1.82, 2.24) is 4.31 Å². The van der Waals surface area contributed by atoms with Gasteiger partial charge < -0.3 is 4.74 Å². The lowest BCUT2D eigenvalue weighted by Gasteiger charge is -2.24. The van der Waals surface area contributed by atoms with Crippen molar-refractivity contribution in [2.24, 2.45) is 0 Å². The third kappa shape index (κ3) is 3.33. The largest absolute Gasteiger partial charge is 0.465 e. The van der Waals surface area contributed by atoms with Crippen molar-refractivity contribution >= 4 is 27.3 Å². The Hall–Kier alpha value is -1.84. The van der Waals surface area contributed by atoms with E-state index in [-0.39, 0.29) is 15.3 Å². The van der Waals surface area contributed by atoms with Crippen LogP contribution in [0.3, 0.4) is 0 Å². The lowest BCUT2D eigenvalue weighted by molar-refractivity contribution is 0.0602. The smallest absolute Gasteiger partial charge is 0.349 e. The van der Waals surface area contributed by atoms with Crippen LogP contribution in [0.4, 0.5) is 8.78 Å². The van der Waals surface area contributed by atoms with Crippen molar-refractivity contribution in [3.8, 4) is 0 Å². The van der Waals surface area contributed by atoms with Gasteiger partial charge >= 0.3 is 5.97 Å². The fourth-order valence-electron chi connectivity index (χ4n) is 2.09. The van der Waals surface area contributed by atoms with Gasteiger partial charge in [-0.3, -0.25) is 0 Å². The first kappa shape index (κ1) is 18.5. The van der Waals surface area contributed by atoms with Gasteiger partial charge in [-0.1, -0.05) is 6.07 Å². The van der Waals surface area contributed by atoms with Crippen LogP contribution in [0.15, 0.2) is 34.5 Å². The SMILES string of the molecule is COC(=O)c1sccc1S(=O)(=O)N(C)[C@H](C)c1ccc(F)c(F)c1. The number of thiophene rings is 1. The van der Waals surface area contributed by atoms with E-state index in [1.807, 2.05) is 0 Å². The average Bonchev–Trinajstić information content (AvgIpc) is 3.05. The maximum atomic E-state index is 13.4. The van der Waals surface area contributed by atoms with Gasteiger partial charge in [0, 0.05) is 13.1 Å². The van der Waals surface area contributed by atoms with Crippen molar-refractivity contribution in [2.75, 3.05) is 14.2 Å². The van der Waals surface area contributed by atoms with Crippen molar-refractivity contribution in [2.45, 2.75) is 17.9 Å². The van der Waals surface area contributed by atoms with Crippen LogP contribution >= 0.6 is 11.3 Å². The van der Waals surface area contributed by atoms with Gasteiger partial charge in [0.1, 0.15) is 9.77 Å². The number of nitrogens with zero attached hydrogens (tertiary/aromatic N) is 1. The molecule has 0 saturated carbocycles. The van der Waals surface area contributed by atoms with Crippen molar-refractivity contribution in [3.05, 3.63) is 51.7 Å². The highest BCUT2D eigenvalue weighted by Crippen LogP contribution is 2.30. The lowest BCUT2D eigenvalue weighted by Crippen LogP contribution is -2.30. The van der Waals surface area contributed by atoms with Gasteiger partial charge in [0.2, 0.25) is 10.0 Å². The van der Waals surface area contributed by atoms with Crippen LogP contribution in [0.2, 0.25) is 0 Å². The minimum atomic E-state index is -4.03. The quantitative estimate of drug-likeness (QED) is 0.753. The molecule has 5 nitrogen and oxygen atoms in total. The zero-order chi connectivity index (χ0) is 18.1. The molecule has 1 heterocycles. The number of methoxy groups -OCH3 is 1. The standard InChI is InChI=1S/C15H15F2NO4S2/c1-9(10-4-5-11(16)12(17)8-10)18(2)24(20,21)13-6-7-23-14(13)15(19)22-3/h4-9H,1-3H3/t9-/m1/s1. The third-order valence-electron chi connectivity index (χ3n) is 3.63. The highest BCUT2D eigenvalue weighted by molar-refractivity contribution is 7.89.